The monoisotopic (exact) mass is 537 g/mol. The van der Waals surface area contributed by atoms with Crippen molar-refractivity contribution in [3.63, 3.8) is 0 Å². The Morgan fingerprint density at radius 1 is 1.00 bits per heavy atom. The highest BCUT2D eigenvalue weighted by molar-refractivity contribution is 8.18. The first-order valence-electron chi connectivity index (χ1n) is 12.7. The van der Waals surface area contributed by atoms with Gasteiger partial charge in [0.25, 0.3) is 11.6 Å². The third-order valence-electron chi connectivity index (χ3n) is 6.34. The first kappa shape index (κ1) is 26.2. The number of benzene rings is 4. The Morgan fingerprint density at radius 3 is 2.46 bits per heavy atom. The van der Waals surface area contributed by atoms with Crippen LogP contribution in [-0.4, -0.2) is 27.4 Å². The third kappa shape index (κ3) is 5.86. The van der Waals surface area contributed by atoms with Gasteiger partial charge >= 0.3 is 0 Å². The van der Waals surface area contributed by atoms with Crippen molar-refractivity contribution in [3.05, 3.63) is 117 Å². The molecule has 0 radical (unpaired) electrons. The van der Waals surface area contributed by atoms with Crippen LogP contribution in [0, 0.1) is 17.0 Å². The molecule has 4 aromatic carbocycles. The van der Waals surface area contributed by atoms with E-state index in [1.807, 2.05) is 80.6 Å². The van der Waals surface area contributed by atoms with Crippen LogP contribution >= 0.6 is 11.8 Å². The highest BCUT2D eigenvalue weighted by Crippen LogP contribution is 2.38. The van der Waals surface area contributed by atoms with Crippen LogP contribution in [0.5, 0.6) is 5.75 Å². The number of hydrogen-bond donors (Lipinski definition) is 0. The van der Waals surface area contributed by atoms with Gasteiger partial charge in [-0.15, -0.1) is 0 Å². The lowest BCUT2D eigenvalue weighted by Gasteiger charge is -2.14. The lowest BCUT2D eigenvalue weighted by Crippen LogP contribution is -2.29. The maximum atomic E-state index is 13.5. The summed E-state index contributed by atoms with van der Waals surface area (Å²) in [5, 5.41) is 13.6. The Morgan fingerprint density at radius 2 is 1.74 bits per heavy atom. The molecule has 0 aromatic heterocycles. The molecule has 196 valence electrons. The Labute approximate surface area is 231 Å². The van der Waals surface area contributed by atoms with Crippen molar-refractivity contribution in [2.45, 2.75) is 26.9 Å². The van der Waals surface area contributed by atoms with Crippen molar-refractivity contribution in [3.8, 4) is 5.75 Å². The molecule has 1 heterocycles. The molecule has 0 N–H and O–H groups in total. The van der Waals surface area contributed by atoms with Crippen molar-refractivity contribution in [2.24, 2.45) is 4.99 Å². The van der Waals surface area contributed by atoms with Crippen LogP contribution in [0.2, 0.25) is 0 Å². The van der Waals surface area contributed by atoms with Gasteiger partial charge in [0, 0.05) is 24.2 Å². The molecular weight excluding hydrogens is 510 g/mol. The van der Waals surface area contributed by atoms with Crippen LogP contribution < -0.4 is 4.74 Å². The summed E-state index contributed by atoms with van der Waals surface area (Å²) in [5.74, 6) is 0.542. The van der Waals surface area contributed by atoms with Gasteiger partial charge in [-0.2, -0.15) is 0 Å². The van der Waals surface area contributed by atoms with Crippen LogP contribution in [0.15, 0.2) is 94.8 Å². The number of thioether (sulfide) groups is 1. The molecule has 1 aliphatic rings. The Hall–Kier alpha value is -4.43. The second kappa shape index (κ2) is 11.5. The van der Waals surface area contributed by atoms with E-state index in [1.54, 1.807) is 17.0 Å². The van der Waals surface area contributed by atoms with Crippen molar-refractivity contribution in [2.75, 3.05) is 6.54 Å². The van der Waals surface area contributed by atoms with Gasteiger partial charge < -0.3 is 4.74 Å². The van der Waals surface area contributed by atoms with E-state index in [0.29, 0.717) is 22.4 Å². The molecule has 0 atom stereocenters. The minimum atomic E-state index is -0.424. The molecule has 1 saturated heterocycles. The standard InChI is InChI=1S/C31H27N3O4S/c1-3-18-33-30(35)29(39-31(33)32-24-13-8-21(2)9-14-24)19-27-26-7-5-4-6-23(26)12-17-28(27)38-20-22-10-15-25(16-11-22)34(36)37/h4-17,19H,3,18,20H2,1-2H3/b29-19+,32-31?. The number of fused-ring (bicyclic) bond motifs is 1. The van der Waals surface area contributed by atoms with Crippen molar-refractivity contribution in [1.82, 2.24) is 4.90 Å². The molecule has 1 amide bonds. The lowest BCUT2D eigenvalue weighted by molar-refractivity contribution is -0.384. The average Bonchev–Trinajstić information content (AvgIpc) is 3.23. The number of nitrogens with zero attached hydrogens (tertiary/aromatic N) is 3. The minimum Gasteiger partial charge on any atom is -0.488 e. The van der Waals surface area contributed by atoms with Crippen molar-refractivity contribution < 1.29 is 14.5 Å². The second-order valence-corrected chi connectivity index (χ2v) is 10.2. The highest BCUT2D eigenvalue weighted by Gasteiger charge is 2.33. The van der Waals surface area contributed by atoms with E-state index in [2.05, 4.69) is 0 Å². The summed E-state index contributed by atoms with van der Waals surface area (Å²) < 4.78 is 6.21. The first-order valence-corrected chi connectivity index (χ1v) is 13.5. The number of carbonyl (C=O) groups is 1. The number of non-ortho nitro benzene ring substituents is 1. The number of ether oxygens (including phenoxy) is 1. The van der Waals surface area contributed by atoms with E-state index < -0.39 is 4.92 Å². The highest BCUT2D eigenvalue weighted by atomic mass is 32.2. The number of amidine groups is 1. The number of rotatable bonds is 8. The molecular formula is C31H27N3O4S. The number of nitro groups is 1. The summed E-state index contributed by atoms with van der Waals surface area (Å²) in [7, 11) is 0. The summed E-state index contributed by atoms with van der Waals surface area (Å²) in [4.78, 5) is 31.2. The number of nitro benzene ring substituents is 1. The molecule has 0 saturated carbocycles. The van der Waals surface area contributed by atoms with Gasteiger partial charge in [-0.3, -0.25) is 19.8 Å². The summed E-state index contributed by atoms with van der Waals surface area (Å²) >= 11 is 1.36. The molecule has 5 rings (SSSR count). The smallest absolute Gasteiger partial charge is 0.269 e. The zero-order chi connectivity index (χ0) is 27.4. The molecule has 8 heteroatoms. The predicted molar refractivity (Wildman–Crippen MR) is 157 cm³/mol. The zero-order valence-electron chi connectivity index (χ0n) is 21.7. The maximum absolute atomic E-state index is 13.5. The van der Waals surface area contributed by atoms with E-state index in [-0.39, 0.29) is 18.2 Å². The number of aryl methyl sites for hydroxylation is 1. The molecule has 39 heavy (non-hydrogen) atoms. The summed E-state index contributed by atoms with van der Waals surface area (Å²) in [5.41, 5.74) is 3.60. The van der Waals surface area contributed by atoms with Crippen LogP contribution in [-0.2, 0) is 11.4 Å². The van der Waals surface area contributed by atoms with Gasteiger partial charge in [-0.25, -0.2) is 4.99 Å². The molecule has 1 aliphatic heterocycles. The van der Waals surface area contributed by atoms with Crippen LogP contribution in [0.1, 0.15) is 30.0 Å². The fourth-order valence-corrected chi connectivity index (χ4v) is 5.30. The van der Waals surface area contributed by atoms with Gasteiger partial charge in [0.15, 0.2) is 5.17 Å². The third-order valence-corrected chi connectivity index (χ3v) is 7.35. The fraction of sp³-hybridized carbons (Fsp3) is 0.161. The van der Waals surface area contributed by atoms with Gasteiger partial charge in [-0.05, 0) is 77.9 Å². The Kier molecular flexibility index (Phi) is 7.74. The molecule has 0 bridgehead atoms. The first-order chi connectivity index (χ1) is 18.9. The largest absolute Gasteiger partial charge is 0.488 e. The molecule has 0 aliphatic carbocycles. The summed E-state index contributed by atoms with van der Waals surface area (Å²) in [6.45, 7) is 4.88. The number of aliphatic imine (C=N–C) groups is 1. The summed E-state index contributed by atoms with van der Waals surface area (Å²) in [6.07, 6.45) is 2.70. The van der Waals surface area contributed by atoms with E-state index in [0.717, 1.165) is 39.6 Å². The molecule has 4 aromatic rings. The number of carbonyl (C=O) groups excluding carboxylic acids is 1. The maximum Gasteiger partial charge on any atom is 0.269 e. The van der Waals surface area contributed by atoms with Gasteiger partial charge in [-0.1, -0.05) is 55.0 Å². The lowest BCUT2D eigenvalue weighted by atomic mass is 10.0. The minimum absolute atomic E-state index is 0.0337. The normalized spacial score (nSPS) is 15.4. The zero-order valence-corrected chi connectivity index (χ0v) is 22.5. The Balaban J connectivity index is 1.50. The quantitative estimate of drug-likeness (QED) is 0.131. The van der Waals surface area contributed by atoms with Gasteiger partial charge in [0.05, 0.1) is 15.5 Å². The van der Waals surface area contributed by atoms with E-state index in [1.165, 1.54) is 23.9 Å². The van der Waals surface area contributed by atoms with E-state index >= 15 is 0 Å². The van der Waals surface area contributed by atoms with Crippen LogP contribution in [0.3, 0.4) is 0 Å². The van der Waals surface area contributed by atoms with E-state index in [4.69, 9.17) is 9.73 Å². The van der Waals surface area contributed by atoms with Crippen LogP contribution in [0.25, 0.3) is 16.8 Å². The van der Waals surface area contributed by atoms with Gasteiger partial charge in [0.1, 0.15) is 12.4 Å². The van der Waals surface area contributed by atoms with Crippen molar-refractivity contribution in [1.29, 1.82) is 0 Å². The fourth-order valence-electron chi connectivity index (χ4n) is 4.30. The van der Waals surface area contributed by atoms with Gasteiger partial charge in [0.2, 0.25) is 0 Å². The Bertz CT molecular complexity index is 1590. The molecule has 0 spiro atoms. The predicted octanol–water partition coefficient (Wildman–Crippen LogP) is 7.65. The average molecular weight is 538 g/mol. The number of hydrogen-bond acceptors (Lipinski definition) is 6. The van der Waals surface area contributed by atoms with Crippen molar-refractivity contribution >= 4 is 51.1 Å². The SMILES string of the molecule is CCCN1C(=O)/C(=C\c2c(OCc3ccc([N+](=O)[O-])cc3)ccc3ccccc23)SC1=Nc1ccc(C)cc1. The second-order valence-electron chi connectivity index (χ2n) is 9.21. The molecule has 7 nitrogen and oxygen atoms in total. The van der Waals surface area contributed by atoms with Crippen LogP contribution in [0.4, 0.5) is 11.4 Å². The molecule has 1 fully saturated rings. The van der Waals surface area contributed by atoms with E-state index in [9.17, 15) is 14.9 Å². The molecule has 0 unspecified atom stereocenters. The topological polar surface area (TPSA) is 85.0 Å². The summed E-state index contributed by atoms with van der Waals surface area (Å²) in [6, 6.07) is 26.1. The number of amides is 1.